The molecule has 5 heteroatoms. The molecule has 2 rings (SSSR count). The van der Waals surface area contributed by atoms with Gasteiger partial charge in [-0.05, 0) is 44.0 Å². The molecule has 21 heavy (non-hydrogen) atoms. The second-order valence-electron chi connectivity index (χ2n) is 5.52. The number of likely N-dealkylation sites (N-methyl/N-ethyl adjacent to an activating group) is 1. The molecule has 1 saturated heterocycles. The van der Waals surface area contributed by atoms with Crippen LogP contribution in [0.2, 0.25) is 0 Å². The number of benzene rings is 1. The summed E-state index contributed by atoms with van der Waals surface area (Å²) < 4.78 is 5.74. The van der Waals surface area contributed by atoms with Crippen molar-refractivity contribution in [3.05, 3.63) is 29.3 Å². The summed E-state index contributed by atoms with van der Waals surface area (Å²) in [5, 5.41) is 3.28. The van der Waals surface area contributed by atoms with Crippen LogP contribution in [-0.4, -0.2) is 43.6 Å². The van der Waals surface area contributed by atoms with Crippen LogP contribution < -0.4 is 10.1 Å². The number of nitrogens with zero attached hydrogens (tertiary/aromatic N) is 1. The SMILES string of the molecule is Cc1ccc(C)c(OCCC(=O)N(C)C2CCNC2)c1.Cl. The lowest BCUT2D eigenvalue weighted by Crippen LogP contribution is -2.38. The minimum absolute atomic E-state index is 0. The molecule has 1 heterocycles. The Hall–Kier alpha value is -1.26. The van der Waals surface area contributed by atoms with Crippen LogP contribution in [0.15, 0.2) is 18.2 Å². The zero-order valence-corrected chi connectivity index (χ0v) is 13.8. The van der Waals surface area contributed by atoms with Crippen LogP contribution in [-0.2, 0) is 4.79 Å². The van der Waals surface area contributed by atoms with Gasteiger partial charge in [-0.1, -0.05) is 12.1 Å². The first-order valence-electron chi connectivity index (χ1n) is 7.24. The van der Waals surface area contributed by atoms with Gasteiger partial charge in [0.15, 0.2) is 0 Å². The number of halogens is 1. The number of hydrogen-bond donors (Lipinski definition) is 1. The molecule has 0 saturated carbocycles. The van der Waals surface area contributed by atoms with Crippen molar-refractivity contribution in [3.8, 4) is 5.75 Å². The summed E-state index contributed by atoms with van der Waals surface area (Å²) in [6, 6.07) is 6.46. The van der Waals surface area contributed by atoms with E-state index in [-0.39, 0.29) is 18.3 Å². The van der Waals surface area contributed by atoms with Gasteiger partial charge in [0.2, 0.25) is 5.91 Å². The average Bonchev–Trinajstić information content (AvgIpc) is 2.95. The fourth-order valence-electron chi connectivity index (χ4n) is 2.46. The van der Waals surface area contributed by atoms with Gasteiger partial charge in [0.05, 0.1) is 13.0 Å². The first kappa shape index (κ1) is 17.8. The van der Waals surface area contributed by atoms with Gasteiger partial charge < -0.3 is 15.0 Å². The molecule has 0 bridgehead atoms. The monoisotopic (exact) mass is 312 g/mol. The number of rotatable bonds is 5. The Morgan fingerprint density at radius 2 is 2.19 bits per heavy atom. The standard InChI is InChI=1S/C16H24N2O2.ClH/c1-12-4-5-13(2)15(10-12)20-9-7-16(19)18(3)14-6-8-17-11-14;/h4-5,10,14,17H,6-9,11H2,1-3H3;1H. The van der Waals surface area contributed by atoms with Crippen molar-refractivity contribution in [2.45, 2.75) is 32.7 Å². The largest absolute Gasteiger partial charge is 0.493 e. The smallest absolute Gasteiger partial charge is 0.226 e. The number of nitrogens with one attached hydrogen (secondary N) is 1. The van der Waals surface area contributed by atoms with Crippen molar-refractivity contribution in [3.63, 3.8) is 0 Å². The lowest BCUT2D eigenvalue weighted by Gasteiger charge is -2.23. The molecule has 1 amide bonds. The van der Waals surface area contributed by atoms with E-state index in [2.05, 4.69) is 11.4 Å². The number of aryl methyl sites for hydroxylation is 2. The summed E-state index contributed by atoms with van der Waals surface area (Å²) in [7, 11) is 1.89. The maximum absolute atomic E-state index is 12.1. The molecule has 4 nitrogen and oxygen atoms in total. The second kappa shape index (κ2) is 8.25. The van der Waals surface area contributed by atoms with Crippen molar-refractivity contribution >= 4 is 18.3 Å². The molecule has 1 N–H and O–H groups in total. The van der Waals surface area contributed by atoms with E-state index in [9.17, 15) is 4.79 Å². The molecular weight excluding hydrogens is 288 g/mol. The van der Waals surface area contributed by atoms with E-state index in [1.54, 1.807) is 0 Å². The van der Waals surface area contributed by atoms with Crippen molar-refractivity contribution in [2.24, 2.45) is 0 Å². The Balaban J connectivity index is 0.00000220. The van der Waals surface area contributed by atoms with Gasteiger partial charge in [-0.25, -0.2) is 0 Å². The number of carbonyl (C=O) groups excluding carboxylic acids is 1. The highest BCUT2D eigenvalue weighted by atomic mass is 35.5. The first-order valence-corrected chi connectivity index (χ1v) is 7.24. The van der Waals surface area contributed by atoms with Crippen LogP contribution >= 0.6 is 12.4 Å². The topological polar surface area (TPSA) is 41.6 Å². The van der Waals surface area contributed by atoms with E-state index in [0.29, 0.717) is 19.1 Å². The van der Waals surface area contributed by atoms with Crippen molar-refractivity contribution in [1.82, 2.24) is 10.2 Å². The second-order valence-corrected chi connectivity index (χ2v) is 5.52. The summed E-state index contributed by atoms with van der Waals surface area (Å²) in [4.78, 5) is 13.9. The van der Waals surface area contributed by atoms with E-state index in [1.165, 1.54) is 5.56 Å². The lowest BCUT2D eigenvalue weighted by molar-refractivity contribution is -0.132. The van der Waals surface area contributed by atoms with Crippen molar-refractivity contribution < 1.29 is 9.53 Å². The Labute approximate surface area is 133 Å². The maximum atomic E-state index is 12.1. The molecule has 1 fully saturated rings. The normalized spacial score (nSPS) is 17.2. The zero-order valence-electron chi connectivity index (χ0n) is 13.0. The number of amides is 1. The minimum atomic E-state index is 0. The highest BCUT2D eigenvalue weighted by Gasteiger charge is 2.22. The van der Waals surface area contributed by atoms with E-state index >= 15 is 0 Å². The molecule has 1 unspecified atom stereocenters. The third-order valence-corrected chi connectivity index (χ3v) is 3.89. The molecule has 1 aliphatic rings. The lowest BCUT2D eigenvalue weighted by atomic mass is 10.1. The Morgan fingerprint density at radius 3 is 2.86 bits per heavy atom. The van der Waals surface area contributed by atoms with E-state index < -0.39 is 0 Å². The van der Waals surface area contributed by atoms with E-state index in [1.807, 2.05) is 37.9 Å². The summed E-state index contributed by atoms with van der Waals surface area (Å²) in [6.07, 6.45) is 1.47. The van der Waals surface area contributed by atoms with Crippen LogP contribution in [0.3, 0.4) is 0 Å². The van der Waals surface area contributed by atoms with Gasteiger partial charge in [-0.3, -0.25) is 4.79 Å². The summed E-state index contributed by atoms with van der Waals surface area (Å²) >= 11 is 0. The van der Waals surface area contributed by atoms with Gasteiger partial charge in [0.25, 0.3) is 0 Å². The third kappa shape index (κ3) is 4.90. The number of ether oxygens (including phenoxy) is 1. The van der Waals surface area contributed by atoms with Gasteiger partial charge in [0.1, 0.15) is 5.75 Å². The van der Waals surface area contributed by atoms with Gasteiger partial charge in [-0.2, -0.15) is 0 Å². The summed E-state index contributed by atoms with van der Waals surface area (Å²) in [5.74, 6) is 1.03. The highest BCUT2D eigenvalue weighted by molar-refractivity contribution is 5.85. The first-order chi connectivity index (χ1) is 9.58. The van der Waals surface area contributed by atoms with Crippen LogP contribution in [0.1, 0.15) is 24.0 Å². The van der Waals surface area contributed by atoms with Gasteiger partial charge >= 0.3 is 0 Å². The van der Waals surface area contributed by atoms with Crippen LogP contribution in [0.5, 0.6) is 5.75 Å². The molecule has 1 aromatic rings. The predicted molar refractivity (Wildman–Crippen MR) is 87.3 cm³/mol. The Morgan fingerprint density at radius 1 is 1.43 bits per heavy atom. The van der Waals surface area contributed by atoms with Crippen molar-refractivity contribution in [1.29, 1.82) is 0 Å². The third-order valence-electron chi connectivity index (χ3n) is 3.89. The number of hydrogen-bond acceptors (Lipinski definition) is 3. The van der Waals surface area contributed by atoms with Crippen LogP contribution in [0, 0.1) is 13.8 Å². The predicted octanol–water partition coefficient (Wildman–Crippen LogP) is 2.31. The Kier molecular flexibility index (Phi) is 6.99. The van der Waals surface area contributed by atoms with Crippen LogP contribution in [0.4, 0.5) is 0 Å². The highest BCUT2D eigenvalue weighted by Crippen LogP contribution is 2.19. The number of carbonyl (C=O) groups is 1. The molecular formula is C16H25ClN2O2. The molecule has 0 spiro atoms. The average molecular weight is 313 g/mol. The van der Waals surface area contributed by atoms with Gasteiger partial charge in [-0.15, -0.1) is 12.4 Å². The fourth-order valence-corrected chi connectivity index (χ4v) is 2.46. The minimum Gasteiger partial charge on any atom is -0.493 e. The molecule has 0 aliphatic carbocycles. The van der Waals surface area contributed by atoms with E-state index in [0.717, 1.165) is 30.8 Å². The fraction of sp³-hybridized carbons (Fsp3) is 0.562. The molecule has 0 radical (unpaired) electrons. The molecule has 1 aliphatic heterocycles. The zero-order chi connectivity index (χ0) is 14.5. The quantitative estimate of drug-likeness (QED) is 0.907. The molecule has 118 valence electrons. The molecule has 1 atom stereocenters. The molecule has 0 aromatic heterocycles. The summed E-state index contributed by atoms with van der Waals surface area (Å²) in [5.41, 5.74) is 2.28. The van der Waals surface area contributed by atoms with Crippen molar-refractivity contribution in [2.75, 3.05) is 26.7 Å². The van der Waals surface area contributed by atoms with Crippen LogP contribution in [0.25, 0.3) is 0 Å². The maximum Gasteiger partial charge on any atom is 0.226 e. The summed E-state index contributed by atoms with van der Waals surface area (Å²) in [6.45, 7) is 6.40. The van der Waals surface area contributed by atoms with E-state index in [4.69, 9.17) is 4.74 Å². The van der Waals surface area contributed by atoms with Gasteiger partial charge in [0, 0.05) is 19.6 Å². The molecule has 1 aromatic carbocycles. The Bertz CT molecular complexity index is 473.